The minimum absolute atomic E-state index is 0.216. The molecular weight excluding hydrogens is 363 g/mol. The maximum atomic E-state index is 11.7. The number of carboxylic acid groups (broad SMARTS) is 1. The Morgan fingerprint density at radius 2 is 1.93 bits per heavy atom. The number of aldehydes is 1. The second kappa shape index (κ2) is 12.5. The van der Waals surface area contributed by atoms with Crippen molar-refractivity contribution in [1.82, 2.24) is 0 Å². The van der Waals surface area contributed by atoms with Crippen LogP contribution in [0.4, 0.5) is 4.53 Å². The lowest BCUT2D eigenvalue weighted by Gasteiger charge is -2.20. The Morgan fingerprint density at radius 1 is 1.22 bits per heavy atom. The highest BCUT2D eigenvalue weighted by atomic mass is 19.3. The Kier molecular flexibility index (Phi) is 10.2. The Labute approximate surface area is 154 Å². The van der Waals surface area contributed by atoms with Crippen molar-refractivity contribution >= 4 is 18.2 Å². The summed E-state index contributed by atoms with van der Waals surface area (Å²) in [7, 11) is 1.05. The van der Waals surface area contributed by atoms with Gasteiger partial charge in [-0.1, -0.05) is 48.6 Å². The zero-order valence-electron chi connectivity index (χ0n) is 14.4. The first-order valence-corrected chi connectivity index (χ1v) is 7.81. The van der Waals surface area contributed by atoms with Crippen LogP contribution in [0.3, 0.4) is 0 Å². The van der Waals surface area contributed by atoms with Crippen LogP contribution in [-0.2, 0) is 29.0 Å². The second-order valence-electron chi connectivity index (χ2n) is 5.10. The van der Waals surface area contributed by atoms with Gasteiger partial charge >= 0.3 is 11.9 Å². The van der Waals surface area contributed by atoms with Crippen LogP contribution in [0.25, 0.3) is 0 Å². The van der Waals surface area contributed by atoms with E-state index in [1.165, 1.54) is 6.08 Å². The molecule has 0 aromatic heterocycles. The van der Waals surface area contributed by atoms with Crippen LogP contribution in [0.2, 0.25) is 0 Å². The number of ether oxygens (including phenoxy) is 2. The Balaban J connectivity index is 0.000000377. The number of benzene rings is 1. The van der Waals surface area contributed by atoms with Crippen LogP contribution in [0.15, 0.2) is 54.1 Å². The number of carbonyl (C=O) groups is 3. The summed E-state index contributed by atoms with van der Waals surface area (Å²) in [5, 5.41) is 11.7. The Hall–Kier alpha value is -2.88. The zero-order chi connectivity index (χ0) is 20.1. The molecule has 0 fully saturated rings. The fourth-order valence-electron chi connectivity index (χ4n) is 1.95. The summed E-state index contributed by atoms with van der Waals surface area (Å²) in [5.74, 6) is -2.43. The van der Waals surface area contributed by atoms with Crippen molar-refractivity contribution < 1.29 is 43.5 Å². The van der Waals surface area contributed by atoms with E-state index in [1.54, 1.807) is 24.3 Å². The van der Waals surface area contributed by atoms with Gasteiger partial charge in [0.1, 0.15) is 6.29 Å². The predicted octanol–water partition coefficient (Wildman–Crippen LogP) is 2.56. The van der Waals surface area contributed by atoms with E-state index in [0.29, 0.717) is 6.42 Å². The molecule has 8 nitrogen and oxygen atoms in total. The van der Waals surface area contributed by atoms with E-state index in [1.807, 2.05) is 18.2 Å². The maximum Gasteiger partial charge on any atom is 0.350 e. The summed E-state index contributed by atoms with van der Waals surface area (Å²) in [4.78, 5) is 36.6. The highest BCUT2D eigenvalue weighted by Gasteiger charge is 2.35. The Morgan fingerprint density at radius 3 is 2.37 bits per heavy atom. The first-order chi connectivity index (χ1) is 13.0. The first kappa shape index (κ1) is 22.2. The normalized spacial score (nSPS) is 14.8. The lowest BCUT2D eigenvalue weighted by molar-refractivity contribution is -0.484. The molecule has 1 aromatic rings. The lowest BCUT2D eigenvalue weighted by Crippen LogP contribution is -2.41. The van der Waals surface area contributed by atoms with Gasteiger partial charge in [0.05, 0.1) is 5.57 Å². The third-order valence-electron chi connectivity index (χ3n) is 3.25. The average molecular weight is 382 g/mol. The van der Waals surface area contributed by atoms with Gasteiger partial charge in [-0.3, -0.25) is 4.79 Å². The SMILES string of the molecule is CO[C@@H](OOF)C(OC(=O)C1=CCCC=C1)C(=O)O.O=Cc1ccccc1. The van der Waals surface area contributed by atoms with Crippen molar-refractivity contribution in [3.63, 3.8) is 0 Å². The van der Waals surface area contributed by atoms with Crippen LogP contribution < -0.4 is 0 Å². The molecule has 2 atom stereocenters. The molecule has 0 spiro atoms. The quantitative estimate of drug-likeness (QED) is 0.240. The zero-order valence-corrected chi connectivity index (χ0v) is 14.4. The van der Waals surface area contributed by atoms with E-state index in [0.717, 1.165) is 25.4 Å². The largest absolute Gasteiger partial charge is 0.478 e. The molecule has 1 unspecified atom stereocenters. The van der Waals surface area contributed by atoms with Crippen LogP contribution >= 0.6 is 0 Å². The smallest absolute Gasteiger partial charge is 0.350 e. The van der Waals surface area contributed by atoms with Crippen molar-refractivity contribution in [2.45, 2.75) is 25.2 Å². The summed E-state index contributed by atoms with van der Waals surface area (Å²) >= 11 is 0. The van der Waals surface area contributed by atoms with E-state index < -0.39 is 24.3 Å². The summed E-state index contributed by atoms with van der Waals surface area (Å²) in [6, 6.07) is 9.10. The third-order valence-corrected chi connectivity index (χ3v) is 3.25. The van der Waals surface area contributed by atoms with Crippen molar-refractivity contribution in [3.8, 4) is 0 Å². The van der Waals surface area contributed by atoms with Gasteiger partial charge in [-0.05, 0) is 22.5 Å². The summed E-state index contributed by atoms with van der Waals surface area (Å²) in [5.41, 5.74) is 0.945. The van der Waals surface area contributed by atoms with E-state index in [2.05, 4.69) is 14.7 Å². The molecule has 0 radical (unpaired) electrons. The molecule has 0 amide bonds. The van der Waals surface area contributed by atoms with E-state index in [9.17, 15) is 18.9 Å². The van der Waals surface area contributed by atoms with Gasteiger partial charge in [-0.2, -0.15) is 4.89 Å². The molecule has 1 aromatic carbocycles. The highest BCUT2D eigenvalue weighted by molar-refractivity contribution is 5.93. The van der Waals surface area contributed by atoms with Crippen molar-refractivity contribution in [1.29, 1.82) is 0 Å². The fraction of sp³-hybridized carbons (Fsp3) is 0.278. The molecule has 27 heavy (non-hydrogen) atoms. The van der Waals surface area contributed by atoms with Gasteiger partial charge in [0.2, 0.25) is 6.29 Å². The molecular formula is C18H19FO8. The van der Waals surface area contributed by atoms with E-state index >= 15 is 0 Å². The summed E-state index contributed by atoms with van der Waals surface area (Å²) in [6.07, 6.45) is 3.56. The number of esters is 1. The predicted molar refractivity (Wildman–Crippen MR) is 89.9 cm³/mol. The number of methoxy groups -OCH3 is 1. The number of carbonyl (C=O) groups excluding carboxylic acids is 2. The molecule has 1 aliphatic rings. The van der Waals surface area contributed by atoms with Crippen LogP contribution in [0.1, 0.15) is 23.2 Å². The van der Waals surface area contributed by atoms with Crippen molar-refractivity contribution in [2.24, 2.45) is 0 Å². The molecule has 0 heterocycles. The minimum Gasteiger partial charge on any atom is -0.478 e. The number of halogens is 1. The summed E-state index contributed by atoms with van der Waals surface area (Å²) < 4.78 is 20.8. The molecule has 9 heteroatoms. The number of hydrogen-bond donors (Lipinski definition) is 1. The molecule has 2 rings (SSSR count). The van der Waals surface area contributed by atoms with Gasteiger partial charge in [0.15, 0.2) is 0 Å². The van der Waals surface area contributed by atoms with E-state index in [-0.39, 0.29) is 5.57 Å². The Bertz CT molecular complexity index is 671. The second-order valence-corrected chi connectivity index (χ2v) is 5.10. The van der Waals surface area contributed by atoms with Crippen LogP contribution in [0.5, 0.6) is 0 Å². The highest BCUT2D eigenvalue weighted by Crippen LogP contribution is 2.15. The molecule has 1 N–H and O–H groups in total. The third kappa shape index (κ3) is 7.90. The minimum atomic E-state index is -1.86. The summed E-state index contributed by atoms with van der Waals surface area (Å²) in [6.45, 7) is 0. The number of carboxylic acids is 1. The van der Waals surface area contributed by atoms with Crippen molar-refractivity contribution in [3.05, 3.63) is 59.7 Å². The number of aliphatic carboxylic acids is 1. The molecule has 0 saturated carbocycles. The van der Waals surface area contributed by atoms with Gasteiger partial charge in [0, 0.05) is 12.7 Å². The van der Waals surface area contributed by atoms with Gasteiger partial charge < -0.3 is 14.6 Å². The molecule has 0 saturated heterocycles. The molecule has 0 bridgehead atoms. The van der Waals surface area contributed by atoms with E-state index in [4.69, 9.17) is 9.84 Å². The number of hydrogen-bond acceptors (Lipinski definition) is 7. The monoisotopic (exact) mass is 382 g/mol. The maximum absolute atomic E-state index is 11.7. The fourth-order valence-corrected chi connectivity index (χ4v) is 1.95. The van der Waals surface area contributed by atoms with Crippen molar-refractivity contribution in [2.75, 3.05) is 7.11 Å². The lowest BCUT2D eigenvalue weighted by atomic mass is 10.1. The standard InChI is InChI=1S/C11H13FO7.C7H6O/c1-16-11(18-19-12)8(9(13)14)17-10(15)7-5-3-2-4-6-7;8-6-7-4-2-1-3-5-7/h3,5-6,8,11H,2,4H2,1H3,(H,13,14);1-6H/t8?,11-;/m0./s1. The van der Waals surface area contributed by atoms with Crippen LogP contribution in [0, 0.1) is 0 Å². The first-order valence-electron chi connectivity index (χ1n) is 7.81. The number of allylic oxidation sites excluding steroid dienone is 2. The van der Waals surface area contributed by atoms with Gasteiger partial charge in [0.25, 0.3) is 6.10 Å². The topological polar surface area (TPSA) is 108 Å². The van der Waals surface area contributed by atoms with Crippen LogP contribution in [-0.4, -0.2) is 42.8 Å². The van der Waals surface area contributed by atoms with Gasteiger partial charge in [-0.25, -0.2) is 9.59 Å². The van der Waals surface area contributed by atoms with Gasteiger partial charge in [-0.15, -0.1) is 0 Å². The number of rotatable bonds is 8. The average Bonchev–Trinajstić information content (AvgIpc) is 2.72. The molecule has 1 aliphatic carbocycles. The molecule has 146 valence electrons. The molecule has 0 aliphatic heterocycles.